The van der Waals surface area contributed by atoms with Gasteiger partial charge in [0.1, 0.15) is 0 Å². The van der Waals surface area contributed by atoms with Gasteiger partial charge in [0.2, 0.25) is 0 Å². The topological polar surface area (TPSA) is 38.0 Å². The van der Waals surface area contributed by atoms with Crippen molar-refractivity contribution in [3.8, 4) is 0 Å². The number of hydrogen-bond acceptors (Lipinski definition) is 2. The average Bonchev–Trinajstić information content (AvgIpc) is 2.12. The molecule has 0 aliphatic carbocycles. The molecule has 80 valence electrons. The number of rotatable bonds is 7. The molecule has 0 heterocycles. The zero-order valence-electron chi connectivity index (χ0n) is 9.69. The van der Waals surface area contributed by atoms with Crippen LogP contribution in [0, 0.1) is 5.41 Å². The van der Waals surface area contributed by atoms with Crippen LogP contribution in [0.25, 0.3) is 0 Å². The first-order valence-corrected chi connectivity index (χ1v) is 5.54. The van der Waals surface area contributed by atoms with Gasteiger partial charge >= 0.3 is 0 Å². The third-order valence-corrected chi connectivity index (χ3v) is 3.15. The van der Waals surface area contributed by atoms with Crippen LogP contribution in [0.2, 0.25) is 0 Å². The van der Waals surface area contributed by atoms with E-state index in [0.717, 1.165) is 0 Å². The largest absolute Gasteiger partial charge is 0.271 e. The molecule has 0 aromatic heterocycles. The zero-order chi connectivity index (χ0) is 10.3. The van der Waals surface area contributed by atoms with Crippen LogP contribution in [0.3, 0.4) is 0 Å². The summed E-state index contributed by atoms with van der Waals surface area (Å²) in [5.41, 5.74) is 3.27. The van der Waals surface area contributed by atoms with E-state index in [1.54, 1.807) is 0 Å². The highest BCUT2D eigenvalue weighted by molar-refractivity contribution is 4.81. The van der Waals surface area contributed by atoms with Gasteiger partial charge in [-0.25, -0.2) is 0 Å². The Hall–Kier alpha value is -0.0800. The van der Waals surface area contributed by atoms with Crippen LogP contribution in [0.15, 0.2) is 0 Å². The maximum Gasteiger partial charge on any atom is 0.0261 e. The molecule has 0 aliphatic heterocycles. The van der Waals surface area contributed by atoms with E-state index < -0.39 is 0 Å². The summed E-state index contributed by atoms with van der Waals surface area (Å²) in [4.78, 5) is 0. The fourth-order valence-corrected chi connectivity index (χ4v) is 1.54. The second kappa shape index (κ2) is 6.39. The molecule has 0 saturated carbocycles. The van der Waals surface area contributed by atoms with Crippen LogP contribution in [0.1, 0.15) is 59.8 Å². The van der Waals surface area contributed by atoms with Crippen molar-refractivity contribution in [2.75, 3.05) is 0 Å². The van der Waals surface area contributed by atoms with Crippen molar-refractivity contribution in [3.63, 3.8) is 0 Å². The van der Waals surface area contributed by atoms with Crippen molar-refractivity contribution in [1.29, 1.82) is 0 Å². The van der Waals surface area contributed by atoms with Gasteiger partial charge in [-0.1, -0.05) is 47.0 Å². The number of nitrogens with one attached hydrogen (secondary N) is 1. The lowest BCUT2D eigenvalue weighted by Crippen LogP contribution is -2.45. The van der Waals surface area contributed by atoms with Gasteiger partial charge in [0.05, 0.1) is 0 Å². The van der Waals surface area contributed by atoms with Gasteiger partial charge in [0, 0.05) is 6.04 Å². The lowest BCUT2D eigenvalue weighted by molar-refractivity contribution is 0.217. The van der Waals surface area contributed by atoms with E-state index in [0.29, 0.717) is 11.5 Å². The summed E-state index contributed by atoms with van der Waals surface area (Å²) >= 11 is 0. The van der Waals surface area contributed by atoms with Crippen LogP contribution in [-0.4, -0.2) is 6.04 Å². The standard InChI is InChI=1S/C11H26N2/c1-5-7-8-9-10(13-12)11(3,4)6-2/h10,13H,5-9,12H2,1-4H3. The van der Waals surface area contributed by atoms with E-state index in [-0.39, 0.29) is 0 Å². The molecule has 2 nitrogen and oxygen atoms in total. The van der Waals surface area contributed by atoms with Crippen molar-refractivity contribution >= 4 is 0 Å². The zero-order valence-corrected chi connectivity index (χ0v) is 9.69. The van der Waals surface area contributed by atoms with Crippen molar-refractivity contribution < 1.29 is 0 Å². The molecule has 0 saturated heterocycles. The van der Waals surface area contributed by atoms with E-state index in [1.165, 1.54) is 32.1 Å². The Balaban J connectivity index is 3.87. The van der Waals surface area contributed by atoms with Gasteiger partial charge in [0.15, 0.2) is 0 Å². The fraction of sp³-hybridized carbons (Fsp3) is 1.00. The highest BCUT2D eigenvalue weighted by atomic mass is 15.2. The molecule has 0 bridgehead atoms. The minimum Gasteiger partial charge on any atom is -0.271 e. The summed E-state index contributed by atoms with van der Waals surface area (Å²) in [7, 11) is 0. The van der Waals surface area contributed by atoms with E-state index in [4.69, 9.17) is 5.84 Å². The van der Waals surface area contributed by atoms with Gasteiger partial charge < -0.3 is 0 Å². The Bertz CT molecular complexity index is 121. The maximum atomic E-state index is 5.57. The molecule has 0 aliphatic rings. The summed E-state index contributed by atoms with van der Waals surface area (Å²) in [6.45, 7) is 9.02. The Morgan fingerprint density at radius 2 is 1.85 bits per heavy atom. The van der Waals surface area contributed by atoms with Crippen molar-refractivity contribution in [1.82, 2.24) is 5.43 Å². The monoisotopic (exact) mass is 186 g/mol. The van der Waals surface area contributed by atoms with Gasteiger partial charge in [-0.3, -0.25) is 11.3 Å². The van der Waals surface area contributed by atoms with Crippen LogP contribution < -0.4 is 11.3 Å². The second-order valence-corrected chi connectivity index (χ2v) is 4.56. The molecule has 0 fully saturated rings. The molecule has 0 spiro atoms. The summed E-state index contributed by atoms with van der Waals surface area (Å²) in [6, 6.07) is 0.462. The predicted molar refractivity (Wildman–Crippen MR) is 59.3 cm³/mol. The molecule has 13 heavy (non-hydrogen) atoms. The lowest BCUT2D eigenvalue weighted by atomic mass is 9.80. The third kappa shape index (κ3) is 4.63. The van der Waals surface area contributed by atoms with Crippen LogP contribution in [0.4, 0.5) is 0 Å². The molecule has 0 aromatic carbocycles. The normalized spacial score (nSPS) is 14.5. The number of hydrogen-bond donors (Lipinski definition) is 2. The number of unbranched alkanes of at least 4 members (excludes halogenated alkanes) is 2. The SMILES string of the molecule is CCCCCC(NN)C(C)(C)CC. The quantitative estimate of drug-likeness (QED) is 0.364. The Morgan fingerprint density at radius 1 is 1.23 bits per heavy atom. The molecule has 3 N–H and O–H groups in total. The van der Waals surface area contributed by atoms with Crippen LogP contribution in [0.5, 0.6) is 0 Å². The van der Waals surface area contributed by atoms with Crippen molar-refractivity contribution in [2.24, 2.45) is 11.3 Å². The summed E-state index contributed by atoms with van der Waals surface area (Å²) in [6.07, 6.45) is 6.26. The summed E-state index contributed by atoms with van der Waals surface area (Å²) < 4.78 is 0. The highest BCUT2D eigenvalue weighted by Gasteiger charge is 2.25. The molecular formula is C11H26N2. The minimum atomic E-state index is 0.322. The summed E-state index contributed by atoms with van der Waals surface area (Å²) in [5.74, 6) is 5.57. The maximum absolute atomic E-state index is 5.57. The fourth-order valence-electron chi connectivity index (χ4n) is 1.54. The Morgan fingerprint density at radius 3 is 2.23 bits per heavy atom. The Kier molecular flexibility index (Phi) is 6.35. The number of nitrogens with two attached hydrogens (primary N) is 1. The lowest BCUT2D eigenvalue weighted by Gasteiger charge is -2.33. The van der Waals surface area contributed by atoms with Gasteiger partial charge in [0.25, 0.3) is 0 Å². The third-order valence-electron chi connectivity index (χ3n) is 3.15. The molecule has 2 heteroatoms. The van der Waals surface area contributed by atoms with E-state index in [9.17, 15) is 0 Å². The first-order chi connectivity index (χ1) is 6.08. The predicted octanol–water partition coefficient (Wildman–Crippen LogP) is 2.83. The highest BCUT2D eigenvalue weighted by Crippen LogP contribution is 2.27. The molecule has 1 unspecified atom stereocenters. The van der Waals surface area contributed by atoms with Crippen molar-refractivity contribution in [2.45, 2.75) is 65.8 Å². The van der Waals surface area contributed by atoms with Crippen LogP contribution in [-0.2, 0) is 0 Å². The van der Waals surface area contributed by atoms with E-state index in [1.807, 2.05) is 0 Å². The van der Waals surface area contributed by atoms with Crippen molar-refractivity contribution in [3.05, 3.63) is 0 Å². The van der Waals surface area contributed by atoms with Gasteiger partial charge in [-0.05, 0) is 18.3 Å². The van der Waals surface area contributed by atoms with E-state index in [2.05, 4.69) is 33.1 Å². The first-order valence-electron chi connectivity index (χ1n) is 5.54. The molecular weight excluding hydrogens is 160 g/mol. The molecule has 1 atom stereocenters. The molecule has 0 amide bonds. The van der Waals surface area contributed by atoms with Gasteiger partial charge in [-0.2, -0.15) is 0 Å². The first kappa shape index (κ1) is 12.9. The molecule has 0 rings (SSSR count). The second-order valence-electron chi connectivity index (χ2n) is 4.56. The molecule has 0 radical (unpaired) electrons. The molecule has 0 aromatic rings. The smallest absolute Gasteiger partial charge is 0.0261 e. The van der Waals surface area contributed by atoms with E-state index >= 15 is 0 Å². The average molecular weight is 186 g/mol. The summed E-state index contributed by atoms with van der Waals surface area (Å²) in [5, 5.41) is 0. The van der Waals surface area contributed by atoms with Gasteiger partial charge in [-0.15, -0.1) is 0 Å². The number of hydrazine groups is 1. The minimum absolute atomic E-state index is 0.322. The van der Waals surface area contributed by atoms with Crippen LogP contribution >= 0.6 is 0 Å². The Labute approximate surface area is 83.2 Å².